The van der Waals surface area contributed by atoms with E-state index in [1.54, 1.807) is 0 Å². The predicted octanol–water partition coefficient (Wildman–Crippen LogP) is -1.26. The van der Waals surface area contributed by atoms with E-state index in [-0.39, 0.29) is 51.4 Å². The van der Waals surface area contributed by atoms with Gasteiger partial charge < -0.3 is 0 Å². The second kappa shape index (κ2) is 5.59. The number of rotatable bonds is 0. The predicted molar refractivity (Wildman–Crippen MR) is 22.8 cm³/mol. The zero-order valence-corrected chi connectivity index (χ0v) is 2.87. The Morgan fingerprint density at radius 3 is 1.40 bits per heavy atom. The Morgan fingerprint density at radius 1 is 1.40 bits per heavy atom. The van der Waals surface area contributed by atoms with Crippen molar-refractivity contribution in [2.75, 3.05) is 0 Å². The summed E-state index contributed by atoms with van der Waals surface area (Å²) in [5, 5.41) is 0. The summed E-state index contributed by atoms with van der Waals surface area (Å²) >= 11 is 0. The van der Waals surface area contributed by atoms with Crippen LogP contribution in [-0.2, 0) is 10.7 Å². The second-order valence-corrected chi connectivity index (χ2v) is 0.998. The Kier molecular flexibility index (Phi) is 10.9. The van der Waals surface area contributed by atoms with Crippen LogP contribution in [0.5, 0.6) is 0 Å². The molecular weight excluding hydrogens is 115 g/mol. The van der Waals surface area contributed by atoms with Crippen LogP contribution in [0.3, 0.4) is 0 Å². The minimum atomic E-state index is -2.37. The summed E-state index contributed by atoms with van der Waals surface area (Å²) < 4.78 is 17.9. The van der Waals surface area contributed by atoms with E-state index < -0.39 is 10.7 Å². The summed E-state index contributed by atoms with van der Waals surface area (Å²) in [4.78, 5) is 0. The molecule has 0 unspecified atom stereocenters. The van der Waals surface area contributed by atoms with Crippen molar-refractivity contribution in [3.8, 4) is 0 Å². The molecule has 0 aromatic carbocycles. The summed E-state index contributed by atoms with van der Waals surface area (Å²) in [5.41, 5.74) is 0. The van der Waals surface area contributed by atoms with E-state index in [9.17, 15) is 0 Å². The van der Waals surface area contributed by atoms with E-state index in [1.165, 1.54) is 0 Å². The van der Waals surface area contributed by atoms with Gasteiger partial charge in [0, 0.05) is 0 Å². The van der Waals surface area contributed by atoms with E-state index in [1.807, 2.05) is 0 Å². The molecule has 0 saturated heterocycles. The van der Waals surface area contributed by atoms with Gasteiger partial charge >= 0.3 is 51.4 Å². The molecule has 0 bridgehead atoms. The van der Waals surface area contributed by atoms with Crippen molar-refractivity contribution in [3.05, 3.63) is 6.26 Å². The van der Waals surface area contributed by atoms with E-state index in [4.69, 9.17) is 8.42 Å². The molecule has 0 saturated carbocycles. The Balaban J connectivity index is 0. The topological polar surface area (TPSA) is 34.1 Å². The molecule has 0 aliphatic heterocycles. The summed E-state index contributed by atoms with van der Waals surface area (Å²) in [5.74, 6) is 0. The molecule has 0 aliphatic carbocycles. The number of thiol groups is 1. The van der Waals surface area contributed by atoms with Crippen LogP contribution in [0.1, 0.15) is 0 Å². The van der Waals surface area contributed by atoms with Crippen molar-refractivity contribution in [1.29, 1.82) is 0 Å². The van der Waals surface area contributed by atoms with Gasteiger partial charge in [0.15, 0.2) is 0 Å². The molecule has 0 N–H and O–H groups in total. The molecule has 0 aromatic heterocycles. The van der Waals surface area contributed by atoms with E-state index >= 15 is 0 Å². The molecule has 27 valence electrons. The monoisotopic (exact) mass is 119 g/mol. The van der Waals surface area contributed by atoms with Crippen LogP contribution in [-0.4, -0.2) is 59.8 Å². The third kappa shape index (κ3) is 28.6. The maximum absolute atomic E-state index is 8.93. The fourth-order valence-corrected chi connectivity index (χ4v) is 0. The van der Waals surface area contributed by atoms with Gasteiger partial charge in [-0.2, -0.15) is 0 Å². The van der Waals surface area contributed by atoms with Crippen LogP contribution in [0.25, 0.3) is 0 Å². The zero-order chi connectivity index (χ0) is 3.58. The van der Waals surface area contributed by atoms with Gasteiger partial charge in [-0.3, -0.25) is 0 Å². The summed E-state index contributed by atoms with van der Waals surface area (Å²) in [6.07, 6.45) is 2.59. The van der Waals surface area contributed by atoms with Crippen LogP contribution >= 0.6 is 0 Å². The van der Waals surface area contributed by atoms with Gasteiger partial charge in [0.2, 0.25) is 0 Å². The average molecular weight is 119 g/mol. The Morgan fingerprint density at radius 2 is 1.40 bits per heavy atom. The Labute approximate surface area is 75.3 Å². The van der Waals surface area contributed by atoms with Crippen LogP contribution < -0.4 is 0 Å². The standard InChI is InChI=1S/CH3O2S.K.H/c1-4(2)3;;/h4H,1H2;;. The molecule has 0 amide bonds. The van der Waals surface area contributed by atoms with Gasteiger partial charge in [-0.1, -0.05) is 0 Å². The molecule has 0 atom stereocenters. The fourth-order valence-electron chi connectivity index (χ4n) is 0. The van der Waals surface area contributed by atoms with Gasteiger partial charge in [-0.15, -0.1) is 0 Å². The first kappa shape index (κ1) is 9.77. The van der Waals surface area contributed by atoms with Crippen LogP contribution in [0, 0.1) is 6.26 Å². The maximum atomic E-state index is 8.93. The number of hydrogen-bond acceptors (Lipinski definition) is 2. The fraction of sp³-hybridized carbons (Fsp3) is 0. The molecule has 1 radical (unpaired) electrons. The molecule has 0 heterocycles. The van der Waals surface area contributed by atoms with Crippen LogP contribution in [0.2, 0.25) is 0 Å². The molecule has 5 heavy (non-hydrogen) atoms. The van der Waals surface area contributed by atoms with Gasteiger partial charge in [0.1, 0.15) is 10.7 Å². The molecular formula is CH4KO2S. The van der Waals surface area contributed by atoms with E-state index in [2.05, 4.69) is 6.26 Å². The first-order valence-corrected chi connectivity index (χ1v) is 2.04. The molecule has 0 aromatic rings. The average Bonchev–Trinajstić information content (AvgIpc) is 0.811. The van der Waals surface area contributed by atoms with Crippen molar-refractivity contribution in [3.63, 3.8) is 0 Å². The van der Waals surface area contributed by atoms with Gasteiger partial charge in [-0.25, -0.2) is 8.42 Å². The minimum absolute atomic E-state index is 0. The normalized spacial score (nSPS) is 6.80. The molecule has 4 heteroatoms. The molecule has 0 spiro atoms. The van der Waals surface area contributed by atoms with Crippen molar-refractivity contribution in [2.45, 2.75) is 0 Å². The zero-order valence-electron chi connectivity index (χ0n) is 1.97. The van der Waals surface area contributed by atoms with E-state index in [0.717, 1.165) is 0 Å². The first-order valence-electron chi connectivity index (χ1n) is 0.681. The number of hydrogen-bond donors (Lipinski definition) is 1. The Hall–Kier alpha value is 1.59. The molecule has 0 fully saturated rings. The van der Waals surface area contributed by atoms with Gasteiger partial charge in [0.05, 0.1) is 6.26 Å². The van der Waals surface area contributed by atoms with Gasteiger partial charge in [0.25, 0.3) is 0 Å². The van der Waals surface area contributed by atoms with Crippen LogP contribution in [0.15, 0.2) is 0 Å². The van der Waals surface area contributed by atoms with E-state index in [0.29, 0.717) is 0 Å². The molecule has 0 rings (SSSR count). The Bertz CT molecular complexity index is 58.0. The molecule has 2 nitrogen and oxygen atoms in total. The van der Waals surface area contributed by atoms with Crippen molar-refractivity contribution in [2.24, 2.45) is 0 Å². The van der Waals surface area contributed by atoms with Crippen LogP contribution in [0.4, 0.5) is 0 Å². The molecule has 0 aliphatic rings. The van der Waals surface area contributed by atoms with Crippen molar-refractivity contribution in [1.82, 2.24) is 0 Å². The SMILES string of the molecule is [CH2][SH](=O)=O.[KH]. The summed E-state index contributed by atoms with van der Waals surface area (Å²) in [6, 6.07) is 0. The quantitative estimate of drug-likeness (QED) is 0.319. The third-order valence-electron chi connectivity index (χ3n) is 0. The second-order valence-electron chi connectivity index (χ2n) is 0.333. The first-order chi connectivity index (χ1) is 1.73. The van der Waals surface area contributed by atoms with Crippen molar-refractivity contribution >= 4 is 62.1 Å². The third-order valence-corrected chi connectivity index (χ3v) is 0. The summed E-state index contributed by atoms with van der Waals surface area (Å²) in [7, 11) is -2.37. The van der Waals surface area contributed by atoms with Gasteiger partial charge in [-0.05, 0) is 0 Å². The van der Waals surface area contributed by atoms with Crippen molar-refractivity contribution < 1.29 is 8.42 Å². The summed E-state index contributed by atoms with van der Waals surface area (Å²) in [6.45, 7) is 0.